The fourth-order valence-corrected chi connectivity index (χ4v) is 1.98. The van der Waals surface area contributed by atoms with Crippen LogP contribution in [0.15, 0.2) is 36.5 Å². The summed E-state index contributed by atoms with van der Waals surface area (Å²) in [5, 5.41) is 10.9. The van der Waals surface area contributed by atoms with Gasteiger partial charge in [-0.3, -0.25) is 14.9 Å². The molecule has 0 spiro atoms. The number of allylic oxidation sites excluding steroid dienone is 5. The number of nitro groups is 1. The first-order chi connectivity index (χ1) is 10.7. The predicted octanol–water partition coefficient (Wildman–Crippen LogP) is 4.94. The molecule has 1 radical (unpaired) electrons. The zero-order chi connectivity index (χ0) is 16.5. The average Bonchev–Trinajstić information content (AvgIpc) is 2.50. The van der Waals surface area contributed by atoms with E-state index < -0.39 is 6.04 Å². The summed E-state index contributed by atoms with van der Waals surface area (Å²) in [7, 11) is 0. The molecule has 0 aromatic rings. The Morgan fingerprint density at radius 2 is 1.91 bits per heavy atom. The summed E-state index contributed by atoms with van der Waals surface area (Å²) in [4.78, 5) is 20.7. The van der Waals surface area contributed by atoms with Gasteiger partial charge in [0.25, 0.3) is 0 Å². The summed E-state index contributed by atoms with van der Waals surface area (Å²) in [5.74, 6) is 0. The lowest BCUT2D eigenvalue weighted by atomic mass is 10.1. The molecule has 0 saturated carbocycles. The Labute approximate surface area is 134 Å². The van der Waals surface area contributed by atoms with Crippen LogP contribution in [0, 0.1) is 10.1 Å². The van der Waals surface area contributed by atoms with Crippen molar-refractivity contribution in [3.05, 3.63) is 46.6 Å². The maximum atomic E-state index is 10.9. The molecule has 0 aromatic heterocycles. The van der Waals surface area contributed by atoms with Gasteiger partial charge in [0, 0.05) is 17.8 Å². The normalized spacial score (nSPS) is 13.3. The standard InChI is InChI=1S/C18H28NO3/c1-2-3-4-5-6-7-8-9-10-12-15-18(19(21)22)16-13-11-14-17-20/h6-7,9-10,12,15,18H,2-5,8,11,13-14,16H2,1H3/b7-6-,10-9-,15-12+. The molecule has 22 heavy (non-hydrogen) atoms. The molecule has 0 heterocycles. The Bertz CT molecular complexity index is 373. The van der Waals surface area contributed by atoms with Crippen LogP contribution in [0.1, 0.15) is 64.7 Å². The smallest absolute Gasteiger partial charge is 0.231 e. The van der Waals surface area contributed by atoms with E-state index in [1.54, 1.807) is 18.4 Å². The van der Waals surface area contributed by atoms with Crippen LogP contribution in [-0.4, -0.2) is 17.3 Å². The van der Waals surface area contributed by atoms with Crippen LogP contribution in [-0.2, 0) is 4.79 Å². The minimum Gasteiger partial charge on any atom is -0.291 e. The van der Waals surface area contributed by atoms with E-state index in [0.29, 0.717) is 25.7 Å². The van der Waals surface area contributed by atoms with E-state index in [1.807, 2.05) is 12.2 Å². The molecule has 4 heteroatoms. The van der Waals surface area contributed by atoms with Crippen molar-refractivity contribution in [3.63, 3.8) is 0 Å². The first-order valence-electron chi connectivity index (χ1n) is 8.19. The van der Waals surface area contributed by atoms with Crippen molar-refractivity contribution in [2.24, 2.45) is 0 Å². The molecule has 0 rings (SSSR count). The number of rotatable bonds is 14. The monoisotopic (exact) mass is 306 g/mol. The van der Waals surface area contributed by atoms with E-state index in [0.717, 1.165) is 12.8 Å². The summed E-state index contributed by atoms with van der Waals surface area (Å²) in [5.41, 5.74) is 0. The van der Waals surface area contributed by atoms with E-state index in [-0.39, 0.29) is 4.92 Å². The Morgan fingerprint density at radius 3 is 2.59 bits per heavy atom. The summed E-state index contributed by atoms with van der Waals surface area (Å²) in [6.45, 7) is 2.19. The van der Waals surface area contributed by atoms with Crippen molar-refractivity contribution in [2.45, 2.75) is 70.8 Å². The lowest BCUT2D eigenvalue weighted by Crippen LogP contribution is -2.16. The molecule has 1 unspecified atom stereocenters. The van der Waals surface area contributed by atoms with Gasteiger partial charge >= 0.3 is 0 Å². The van der Waals surface area contributed by atoms with Crippen LogP contribution in [0.3, 0.4) is 0 Å². The zero-order valence-corrected chi connectivity index (χ0v) is 13.6. The molecule has 0 aliphatic carbocycles. The van der Waals surface area contributed by atoms with Crippen molar-refractivity contribution in [1.29, 1.82) is 0 Å². The van der Waals surface area contributed by atoms with E-state index in [2.05, 4.69) is 19.1 Å². The molecule has 0 aromatic carbocycles. The lowest BCUT2D eigenvalue weighted by molar-refractivity contribution is -0.510. The van der Waals surface area contributed by atoms with Crippen molar-refractivity contribution >= 4 is 6.29 Å². The SMILES string of the molecule is CCCCC/C=C\C/C=C\C=C\C(CCCC[C]=O)[N+](=O)[O-]. The Balaban J connectivity index is 3.90. The number of hydrogen-bond acceptors (Lipinski definition) is 3. The van der Waals surface area contributed by atoms with Gasteiger partial charge in [-0.05, 0) is 38.2 Å². The fraction of sp³-hybridized carbons (Fsp3) is 0.611. The van der Waals surface area contributed by atoms with E-state index in [1.165, 1.54) is 19.3 Å². The largest absolute Gasteiger partial charge is 0.291 e. The summed E-state index contributed by atoms with van der Waals surface area (Å²) < 4.78 is 0. The van der Waals surface area contributed by atoms with Gasteiger partial charge in [0.05, 0.1) is 0 Å². The van der Waals surface area contributed by atoms with E-state index in [4.69, 9.17) is 0 Å². The summed E-state index contributed by atoms with van der Waals surface area (Å²) in [6.07, 6.45) is 21.2. The molecule has 0 aliphatic heterocycles. The third kappa shape index (κ3) is 13.3. The Kier molecular flexibility index (Phi) is 14.5. The zero-order valence-electron chi connectivity index (χ0n) is 13.6. The highest BCUT2D eigenvalue weighted by Crippen LogP contribution is 2.07. The van der Waals surface area contributed by atoms with Gasteiger partial charge in [0.2, 0.25) is 6.04 Å². The molecular weight excluding hydrogens is 278 g/mol. The predicted molar refractivity (Wildman–Crippen MR) is 91.1 cm³/mol. The molecule has 4 nitrogen and oxygen atoms in total. The van der Waals surface area contributed by atoms with Crippen molar-refractivity contribution < 1.29 is 9.72 Å². The maximum absolute atomic E-state index is 10.9. The Morgan fingerprint density at radius 1 is 1.09 bits per heavy atom. The van der Waals surface area contributed by atoms with Crippen molar-refractivity contribution in [2.75, 3.05) is 0 Å². The number of nitrogens with zero attached hydrogens (tertiary/aromatic N) is 1. The van der Waals surface area contributed by atoms with Gasteiger partial charge in [-0.2, -0.15) is 0 Å². The van der Waals surface area contributed by atoms with Gasteiger partial charge < -0.3 is 0 Å². The van der Waals surface area contributed by atoms with Gasteiger partial charge in [-0.1, -0.05) is 50.1 Å². The molecule has 0 fully saturated rings. The third-order valence-corrected chi connectivity index (χ3v) is 3.29. The van der Waals surface area contributed by atoms with Gasteiger partial charge in [0.1, 0.15) is 0 Å². The highest BCUT2D eigenvalue weighted by molar-refractivity contribution is 5.50. The minimum absolute atomic E-state index is 0.275. The molecule has 1 atom stereocenters. The molecule has 0 bridgehead atoms. The molecule has 0 N–H and O–H groups in total. The fourth-order valence-electron chi connectivity index (χ4n) is 1.98. The second kappa shape index (κ2) is 15.7. The van der Waals surface area contributed by atoms with Crippen molar-refractivity contribution in [3.8, 4) is 0 Å². The second-order valence-corrected chi connectivity index (χ2v) is 5.26. The van der Waals surface area contributed by atoms with Crippen LogP contribution in [0.5, 0.6) is 0 Å². The first kappa shape index (κ1) is 20.3. The number of unbranched alkanes of at least 4 members (excludes halogenated alkanes) is 5. The quantitative estimate of drug-likeness (QED) is 0.150. The van der Waals surface area contributed by atoms with Crippen molar-refractivity contribution in [1.82, 2.24) is 0 Å². The van der Waals surface area contributed by atoms with Crippen LogP contribution >= 0.6 is 0 Å². The van der Waals surface area contributed by atoms with Gasteiger partial charge in [-0.25, -0.2) is 0 Å². The molecule has 0 amide bonds. The topological polar surface area (TPSA) is 60.2 Å². The summed E-state index contributed by atoms with van der Waals surface area (Å²) in [6, 6.07) is -0.666. The van der Waals surface area contributed by atoms with Crippen LogP contribution in [0.25, 0.3) is 0 Å². The average molecular weight is 306 g/mol. The first-order valence-corrected chi connectivity index (χ1v) is 8.19. The summed E-state index contributed by atoms with van der Waals surface area (Å²) >= 11 is 0. The van der Waals surface area contributed by atoms with E-state index in [9.17, 15) is 14.9 Å². The number of carbonyl (C=O) groups excluding carboxylic acids is 1. The molecular formula is C18H28NO3. The number of hydrogen-bond donors (Lipinski definition) is 0. The maximum Gasteiger partial charge on any atom is 0.231 e. The second-order valence-electron chi connectivity index (χ2n) is 5.26. The van der Waals surface area contributed by atoms with Crippen LogP contribution in [0.2, 0.25) is 0 Å². The van der Waals surface area contributed by atoms with E-state index >= 15 is 0 Å². The third-order valence-electron chi connectivity index (χ3n) is 3.29. The lowest BCUT2D eigenvalue weighted by Gasteiger charge is -2.03. The highest BCUT2D eigenvalue weighted by Gasteiger charge is 2.14. The van der Waals surface area contributed by atoms with Crippen LogP contribution < -0.4 is 0 Å². The van der Waals surface area contributed by atoms with Gasteiger partial charge in [-0.15, -0.1) is 0 Å². The minimum atomic E-state index is -0.666. The Hall–Kier alpha value is -1.71. The molecule has 0 aliphatic rings. The van der Waals surface area contributed by atoms with Crippen LogP contribution in [0.4, 0.5) is 0 Å². The van der Waals surface area contributed by atoms with Gasteiger partial charge in [0.15, 0.2) is 6.29 Å². The molecule has 123 valence electrons. The molecule has 0 saturated heterocycles. The highest BCUT2D eigenvalue weighted by atomic mass is 16.6.